The zero-order valence-corrected chi connectivity index (χ0v) is 15.4. The number of rotatable bonds is 3. The Morgan fingerprint density at radius 2 is 1.96 bits per heavy atom. The van der Waals surface area contributed by atoms with Crippen molar-refractivity contribution in [3.05, 3.63) is 73.1 Å². The van der Waals surface area contributed by atoms with Crippen molar-refractivity contribution in [3.8, 4) is 0 Å². The molecule has 0 radical (unpaired) electrons. The number of benzene rings is 2. The van der Waals surface area contributed by atoms with Crippen molar-refractivity contribution < 1.29 is 9.72 Å². The van der Waals surface area contributed by atoms with E-state index < -0.39 is 4.92 Å². The predicted molar refractivity (Wildman–Crippen MR) is 103 cm³/mol. The molecule has 2 aromatic rings. The van der Waals surface area contributed by atoms with Gasteiger partial charge in [0.2, 0.25) is 0 Å². The quantitative estimate of drug-likeness (QED) is 0.450. The van der Waals surface area contributed by atoms with Crippen molar-refractivity contribution in [2.75, 3.05) is 0 Å². The summed E-state index contributed by atoms with van der Waals surface area (Å²) in [5.74, 6) is -0.220. The molecular weight excluding hydrogens is 406 g/mol. The highest BCUT2D eigenvalue weighted by Gasteiger charge is 2.24. The number of thioether (sulfide) groups is 1. The maximum absolute atomic E-state index is 12.1. The Labute approximate surface area is 156 Å². The first-order valence-electron chi connectivity index (χ1n) is 7.22. The van der Waals surface area contributed by atoms with E-state index in [-0.39, 0.29) is 11.6 Å². The molecule has 0 aromatic heterocycles. The molecule has 1 fully saturated rings. The normalized spacial score (nSPS) is 17.1. The Morgan fingerprint density at radius 1 is 1.24 bits per heavy atom. The van der Waals surface area contributed by atoms with Crippen LogP contribution in [0.2, 0.25) is 0 Å². The molecule has 0 spiro atoms. The summed E-state index contributed by atoms with van der Waals surface area (Å²) in [5, 5.41) is 13.9. The minimum atomic E-state index is -0.476. The molecule has 8 heteroatoms. The fourth-order valence-corrected chi connectivity index (χ4v) is 3.39. The molecule has 0 aliphatic carbocycles. The van der Waals surface area contributed by atoms with Crippen molar-refractivity contribution in [1.29, 1.82) is 0 Å². The third kappa shape index (κ3) is 4.15. The van der Waals surface area contributed by atoms with Gasteiger partial charge in [0, 0.05) is 12.1 Å². The van der Waals surface area contributed by atoms with E-state index >= 15 is 0 Å². The van der Waals surface area contributed by atoms with Crippen LogP contribution in [0.15, 0.2) is 56.8 Å². The molecule has 1 aliphatic rings. The van der Waals surface area contributed by atoms with Crippen LogP contribution in [-0.4, -0.2) is 16.0 Å². The fraction of sp³-hybridized carbons (Fsp3) is 0.0588. The van der Waals surface area contributed by atoms with Gasteiger partial charge in [0.05, 0.1) is 20.0 Å². The smallest absolute Gasteiger partial charge is 0.270 e. The van der Waals surface area contributed by atoms with E-state index in [0.29, 0.717) is 20.2 Å². The average Bonchev–Trinajstić information content (AvgIpc) is 2.91. The number of carbonyl (C=O) groups is 1. The molecule has 6 nitrogen and oxygen atoms in total. The highest BCUT2D eigenvalue weighted by molar-refractivity contribution is 9.10. The number of amides is 1. The molecule has 25 heavy (non-hydrogen) atoms. The Morgan fingerprint density at radius 3 is 2.60 bits per heavy atom. The zero-order valence-electron chi connectivity index (χ0n) is 13.0. The number of aryl methyl sites for hydroxylation is 1. The minimum Gasteiger partial charge on any atom is -0.300 e. The van der Waals surface area contributed by atoms with Gasteiger partial charge in [-0.05, 0) is 52.3 Å². The van der Waals surface area contributed by atoms with Crippen LogP contribution in [0.1, 0.15) is 11.1 Å². The standard InChI is InChI=1S/C17H12BrN3O3S/c1-10-2-4-11(5-3-10)8-15-16(22)20-17(25-15)19-14-7-6-12(21(23)24)9-13(14)18/h2-9H,1H3,(H,19,20,22)/b15-8+. The molecule has 0 bridgehead atoms. The summed E-state index contributed by atoms with van der Waals surface area (Å²) in [6.07, 6.45) is 1.80. The molecule has 0 saturated carbocycles. The third-order valence-corrected chi connectivity index (χ3v) is 4.94. The molecule has 126 valence electrons. The maximum atomic E-state index is 12.1. The van der Waals surface area contributed by atoms with Gasteiger partial charge in [-0.15, -0.1) is 0 Å². The van der Waals surface area contributed by atoms with E-state index in [1.54, 1.807) is 6.08 Å². The van der Waals surface area contributed by atoms with Crippen LogP contribution in [0.5, 0.6) is 0 Å². The zero-order chi connectivity index (χ0) is 18.0. The summed E-state index contributed by atoms with van der Waals surface area (Å²) < 4.78 is 0.486. The first kappa shape index (κ1) is 17.4. The van der Waals surface area contributed by atoms with Crippen LogP contribution >= 0.6 is 27.7 Å². The lowest BCUT2D eigenvalue weighted by atomic mass is 10.1. The molecule has 1 amide bonds. The second-order valence-corrected chi connectivity index (χ2v) is 7.17. The van der Waals surface area contributed by atoms with Crippen LogP contribution in [0.4, 0.5) is 11.4 Å². The largest absolute Gasteiger partial charge is 0.300 e. The van der Waals surface area contributed by atoms with Crippen molar-refractivity contribution in [1.82, 2.24) is 5.32 Å². The molecule has 1 aliphatic heterocycles. The number of nitro benzene ring substituents is 1. The Balaban J connectivity index is 1.83. The topological polar surface area (TPSA) is 84.6 Å². The first-order valence-corrected chi connectivity index (χ1v) is 8.83. The van der Waals surface area contributed by atoms with Crippen LogP contribution in [0.25, 0.3) is 6.08 Å². The number of nitrogens with zero attached hydrogens (tertiary/aromatic N) is 2. The molecule has 0 atom stereocenters. The number of halogens is 1. The van der Waals surface area contributed by atoms with E-state index in [1.807, 2.05) is 31.2 Å². The van der Waals surface area contributed by atoms with E-state index in [2.05, 4.69) is 26.2 Å². The number of hydrogen-bond acceptors (Lipinski definition) is 5. The average molecular weight is 418 g/mol. The summed E-state index contributed by atoms with van der Waals surface area (Å²) in [6.45, 7) is 2.00. The van der Waals surface area contributed by atoms with E-state index in [9.17, 15) is 14.9 Å². The van der Waals surface area contributed by atoms with Gasteiger partial charge < -0.3 is 5.32 Å². The number of hydrogen-bond donors (Lipinski definition) is 1. The van der Waals surface area contributed by atoms with Crippen LogP contribution in [0, 0.1) is 17.0 Å². The van der Waals surface area contributed by atoms with Gasteiger partial charge in [0.25, 0.3) is 11.6 Å². The molecular formula is C17H12BrN3O3S. The van der Waals surface area contributed by atoms with Crippen molar-refractivity contribution in [2.24, 2.45) is 4.99 Å². The highest BCUT2D eigenvalue weighted by Crippen LogP contribution is 2.33. The number of amidine groups is 1. The van der Waals surface area contributed by atoms with Gasteiger partial charge in [0.15, 0.2) is 5.17 Å². The Bertz CT molecular complexity index is 923. The van der Waals surface area contributed by atoms with Gasteiger partial charge in [0.1, 0.15) is 0 Å². The fourth-order valence-electron chi connectivity index (χ4n) is 2.10. The molecule has 1 heterocycles. The van der Waals surface area contributed by atoms with Crippen molar-refractivity contribution in [3.63, 3.8) is 0 Å². The summed E-state index contributed by atoms with van der Waals surface area (Å²) in [4.78, 5) is 27.3. The number of aliphatic imine (C=N–C) groups is 1. The number of nitrogens with one attached hydrogen (secondary N) is 1. The molecule has 3 rings (SSSR count). The van der Waals surface area contributed by atoms with Gasteiger partial charge in [-0.25, -0.2) is 4.99 Å². The van der Waals surface area contributed by atoms with Crippen molar-refractivity contribution >= 4 is 56.2 Å². The summed E-state index contributed by atoms with van der Waals surface area (Å²) in [6, 6.07) is 12.1. The van der Waals surface area contributed by atoms with Crippen LogP contribution in [0.3, 0.4) is 0 Å². The van der Waals surface area contributed by atoms with Gasteiger partial charge in [-0.2, -0.15) is 0 Å². The summed E-state index contributed by atoms with van der Waals surface area (Å²) in [7, 11) is 0. The van der Waals surface area contributed by atoms with Gasteiger partial charge in [-0.1, -0.05) is 29.8 Å². The Hall–Kier alpha value is -2.45. The lowest BCUT2D eigenvalue weighted by Gasteiger charge is -2.00. The van der Waals surface area contributed by atoms with E-state index in [1.165, 1.54) is 30.0 Å². The van der Waals surface area contributed by atoms with Gasteiger partial charge >= 0.3 is 0 Å². The monoisotopic (exact) mass is 417 g/mol. The second kappa shape index (κ2) is 7.20. The predicted octanol–water partition coefficient (Wildman–Crippen LogP) is 4.56. The third-order valence-electron chi connectivity index (χ3n) is 3.39. The number of non-ortho nitro benzene ring substituents is 1. The molecule has 1 N–H and O–H groups in total. The first-order chi connectivity index (χ1) is 11.9. The Kier molecular flexibility index (Phi) is 5.00. The van der Waals surface area contributed by atoms with Crippen LogP contribution < -0.4 is 5.32 Å². The maximum Gasteiger partial charge on any atom is 0.270 e. The van der Waals surface area contributed by atoms with Gasteiger partial charge in [-0.3, -0.25) is 14.9 Å². The van der Waals surface area contributed by atoms with Crippen LogP contribution in [-0.2, 0) is 4.79 Å². The molecule has 0 unspecified atom stereocenters. The summed E-state index contributed by atoms with van der Waals surface area (Å²) >= 11 is 4.49. The summed E-state index contributed by atoms with van der Waals surface area (Å²) in [5.41, 5.74) is 2.56. The minimum absolute atomic E-state index is 0.0288. The highest BCUT2D eigenvalue weighted by atomic mass is 79.9. The lowest BCUT2D eigenvalue weighted by molar-refractivity contribution is -0.384. The van der Waals surface area contributed by atoms with Crippen molar-refractivity contribution in [2.45, 2.75) is 6.92 Å². The SMILES string of the molecule is Cc1ccc(/C=C2/SC(=Nc3ccc([N+](=O)[O-])cc3Br)NC2=O)cc1. The molecule has 2 aromatic carbocycles. The number of carbonyl (C=O) groups excluding carboxylic acids is 1. The second-order valence-electron chi connectivity index (χ2n) is 5.29. The van der Waals surface area contributed by atoms with E-state index in [4.69, 9.17) is 0 Å². The van der Waals surface area contributed by atoms with E-state index in [0.717, 1.165) is 11.1 Å². The number of nitro groups is 1. The molecule has 1 saturated heterocycles. The lowest BCUT2D eigenvalue weighted by Crippen LogP contribution is -2.19.